The number of nitrogens with zero attached hydrogens (tertiary/aromatic N) is 2. The number of imidazole rings is 1. The molecule has 114 valence electrons. The molecule has 0 aromatic carbocycles. The van der Waals surface area contributed by atoms with Gasteiger partial charge in [0.2, 0.25) is 0 Å². The van der Waals surface area contributed by atoms with Crippen LogP contribution in [-0.2, 0) is 16.6 Å². The van der Waals surface area contributed by atoms with Crippen LogP contribution in [0.3, 0.4) is 0 Å². The summed E-state index contributed by atoms with van der Waals surface area (Å²) in [5.41, 5.74) is 0. The Morgan fingerprint density at radius 1 is 1.55 bits per heavy atom. The van der Waals surface area contributed by atoms with Crippen LogP contribution < -0.4 is 10.0 Å². The Hall–Kier alpha value is -0.920. The van der Waals surface area contributed by atoms with E-state index in [1.807, 2.05) is 11.5 Å². The van der Waals surface area contributed by atoms with Crippen LogP contribution in [0.1, 0.15) is 38.4 Å². The normalized spacial score (nSPS) is 19.6. The van der Waals surface area contributed by atoms with Gasteiger partial charge in [0.1, 0.15) is 5.82 Å². The van der Waals surface area contributed by atoms with Gasteiger partial charge in [-0.05, 0) is 39.2 Å². The van der Waals surface area contributed by atoms with Gasteiger partial charge in [-0.1, -0.05) is 6.92 Å². The van der Waals surface area contributed by atoms with E-state index in [0.717, 1.165) is 38.2 Å². The second-order valence-electron chi connectivity index (χ2n) is 5.30. The van der Waals surface area contributed by atoms with Crippen LogP contribution in [0.15, 0.2) is 11.2 Å². The first-order valence-electron chi connectivity index (χ1n) is 7.29. The van der Waals surface area contributed by atoms with Gasteiger partial charge in [0.05, 0.1) is 0 Å². The monoisotopic (exact) mass is 300 g/mol. The summed E-state index contributed by atoms with van der Waals surface area (Å²) in [4.78, 5) is 4.15. The minimum atomic E-state index is -3.48. The first kappa shape index (κ1) is 15.5. The number of nitrogens with one attached hydrogen (secondary N) is 2. The van der Waals surface area contributed by atoms with Gasteiger partial charge in [-0.25, -0.2) is 18.1 Å². The van der Waals surface area contributed by atoms with Crippen molar-refractivity contribution in [2.75, 3.05) is 13.1 Å². The number of hydrogen-bond donors (Lipinski definition) is 2. The number of sulfonamides is 1. The summed E-state index contributed by atoms with van der Waals surface area (Å²) >= 11 is 0. The van der Waals surface area contributed by atoms with E-state index >= 15 is 0 Å². The topological polar surface area (TPSA) is 76.0 Å². The lowest BCUT2D eigenvalue weighted by atomic mass is 10.2. The van der Waals surface area contributed by atoms with Gasteiger partial charge in [-0.15, -0.1) is 0 Å². The fraction of sp³-hybridized carbons (Fsp3) is 0.769. The molecule has 0 bridgehead atoms. The highest BCUT2D eigenvalue weighted by atomic mass is 32.2. The summed E-state index contributed by atoms with van der Waals surface area (Å²) in [6.45, 7) is 6.18. The SMILES string of the molecule is CCCn1cc(S(=O)(=O)NCC[C@H]2CCCN2)nc1C. The quantitative estimate of drug-likeness (QED) is 0.788. The van der Waals surface area contributed by atoms with Gasteiger partial charge in [-0.2, -0.15) is 0 Å². The maximum Gasteiger partial charge on any atom is 0.259 e. The molecular formula is C13H24N4O2S. The molecule has 1 saturated heterocycles. The van der Waals surface area contributed by atoms with E-state index in [-0.39, 0.29) is 5.03 Å². The van der Waals surface area contributed by atoms with Gasteiger partial charge >= 0.3 is 0 Å². The highest BCUT2D eigenvalue weighted by molar-refractivity contribution is 7.89. The average molecular weight is 300 g/mol. The predicted molar refractivity (Wildman–Crippen MR) is 78.1 cm³/mol. The smallest absolute Gasteiger partial charge is 0.259 e. The summed E-state index contributed by atoms with van der Waals surface area (Å²) in [6, 6.07) is 0.442. The summed E-state index contributed by atoms with van der Waals surface area (Å²) in [5, 5.41) is 3.49. The molecule has 2 N–H and O–H groups in total. The zero-order chi connectivity index (χ0) is 14.6. The number of hydrogen-bond acceptors (Lipinski definition) is 4. The second kappa shape index (κ2) is 6.69. The molecule has 0 amide bonds. The molecule has 0 aliphatic carbocycles. The van der Waals surface area contributed by atoms with E-state index < -0.39 is 10.0 Å². The van der Waals surface area contributed by atoms with Gasteiger partial charge < -0.3 is 9.88 Å². The van der Waals surface area contributed by atoms with Crippen LogP contribution in [0.4, 0.5) is 0 Å². The van der Waals surface area contributed by atoms with Crippen molar-refractivity contribution < 1.29 is 8.42 Å². The Labute approximate surface area is 121 Å². The van der Waals surface area contributed by atoms with Gasteiger partial charge in [0.25, 0.3) is 10.0 Å². The van der Waals surface area contributed by atoms with Gasteiger partial charge in [0.15, 0.2) is 5.03 Å². The molecule has 0 spiro atoms. The van der Waals surface area contributed by atoms with Crippen molar-refractivity contribution in [2.45, 2.75) is 57.1 Å². The number of rotatable bonds is 7. The van der Waals surface area contributed by atoms with Crippen LogP contribution in [0, 0.1) is 6.92 Å². The van der Waals surface area contributed by atoms with Crippen molar-refractivity contribution in [1.29, 1.82) is 0 Å². The lowest BCUT2D eigenvalue weighted by Gasteiger charge is -2.10. The van der Waals surface area contributed by atoms with Crippen molar-refractivity contribution in [3.05, 3.63) is 12.0 Å². The van der Waals surface area contributed by atoms with E-state index in [9.17, 15) is 8.42 Å². The maximum absolute atomic E-state index is 12.2. The molecule has 7 heteroatoms. The van der Waals surface area contributed by atoms with Crippen LogP contribution in [0.5, 0.6) is 0 Å². The molecule has 20 heavy (non-hydrogen) atoms. The van der Waals surface area contributed by atoms with Crippen molar-refractivity contribution in [3.63, 3.8) is 0 Å². The molecule has 1 aromatic heterocycles. The van der Waals surface area contributed by atoms with Crippen molar-refractivity contribution in [3.8, 4) is 0 Å². The molecule has 2 heterocycles. The van der Waals surface area contributed by atoms with E-state index in [1.165, 1.54) is 6.42 Å². The third-order valence-electron chi connectivity index (χ3n) is 3.64. The molecule has 0 saturated carbocycles. The maximum atomic E-state index is 12.2. The molecule has 1 aliphatic rings. The lowest BCUT2D eigenvalue weighted by Crippen LogP contribution is -2.30. The van der Waals surface area contributed by atoms with Gasteiger partial charge in [-0.3, -0.25) is 0 Å². The van der Waals surface area contributed by atoms with Crippen molar-refractivity contribution in [1.82, 2.24) is 19.6 Å². The third-order valence-corrected chi connectivity index (χ3v) is 4.97. The highest BCUT2D eigenvalue weighted by Crippen LogP contribution is 2.11. The molecule has 1 aromatic rings. The minimum absolute atomic E-state index is 0.128. The Balaban J connectivity index is 1.93. The minimum Gasteiger partial charge on any atom is -0.334 e. The van der Waals surface area contributed by atoms with Crippen LogP contribution >= 0.6 is 0 Å². The predicted octanol–water partition coefficient (Wildman–Crippen LogP) is 1.02. The number of aryl methyl sites for hydroxylation is 2. The zero-order valence-corrected chi connectivity index (χ0v) is 13.0. The molecule has 1 fully saturated rings. The van der Waals surface area contributed by atoms with Crippen molar-refractivity contribution in [2.24, 2.45) is 0 Å². The van der Waals surface area contributed by atoms with E-state index in [2.05, 4.69) is 21.9 Å². The number of aromatic nitrogens is 2. The van der Waals surface area contributed by atoms with Gasteiger partial charge in [0, 0.05) is 25.3 Å². The summed E-state index contributed by atoms with van der Waals surface area (Å²) in [5.74, 6) is 0.740. The summed E-state index contributed by atoms with van der Waals surface area (Å²) in [6.07, 6.45) is 5.71. The van der Waals surface area contributed by atoms with E-state index in [0.29, 0.717) is 12.6 Å². The fourth-order valence-electron chi connectivity index (χ4n) is 2.52. The molecule has 0 unspecified atom stereocenters. The van der Waals surface area contributed by atoms with Crippen LogP contribution in [0.25, 0.3) is 0 Å². The fourth-order valence-corrected chi connectivity index (χ4v) is 3.57. The third kappa shape index (κ3) is 3.80. The first-order chi connectivity index (χ1) is 9.53. The van der Waals surface area contributed by atoms with E-state index in [4.69, 9.17) is 0 Å². The largest absolute Gasteiger partial charge is 0.334 e. The summed E-state index contributed by atoms with van der Waals surface area (Å²) < 4.78 is 28.9. The molecule has 0 radical (unpaired) electrons. The molecule has 1 atom stereocenters. The Bertz CT molecular complexity index is 533. The molecule has 6 nitrogen and oxygen atoms in total. The first-order valence-corrected chi connectivity index (χ1v) is 8.78. The van der Waals surface area contributed by atoms with Crippen molar-refractivity contribution >= 4 is 10.0 Å². The molecule has 2 rings (SSSR count). The zero-order valence-electron chi connectivity index (χ0n) is 12.2. The van der Waals surface area contributed by atoms with Crippen LogP contribution in [0.2, 0.25) is 0 Å². The lowest BCUT2D eigenvalue weighted by molar-refractivity contribution is 0.538. The second-order valence-corrected chi connectivity index (χ2v) is 7.01. The van der Waals surface area contributed by atoms with E-state index in [1.54, 1.807) is 6.20 Å². The summed E-state index contributed by atoms with van der Waals surface area (Å²) in [7, 11) is -3.48. The molecule has 1 aliphatic heterocycles. The van der Waals surface area contributed by atoms with Crippen LogP contribution in [-0.4, -0.2) is 37.1 Å². The standard InChI is InChI=1S/C13H24N4O2S/c1-3-9-17-10-13(16-11(17)2)20(18,19)15-8-6-12-5-4-7-14-12/h10,12,14-15H,3-9H2,1-2H3/t12-/m1/s1. The average Bonchev–Trinajstić information content (AvgIpc) is 3.01. The Kier molecular flexibility index (Phi) is 5.17. The highest BCUT2D eigenvalue weighted by Gasteiger charge is 2.20. The Morgan fingerprint density at radius 3 is 3.00 bits per heavy atom. The Morgan fingerprint density at radius 2 is 2.35 bits per heavy atom. The molecular weight excluding hydrogens is 276 g/mol.